The van der Waals surface area contributed by atoms with Crippen molar-refractivity contribution in [3.8, 4) is 0 Å². The van der Waals surface area contributed by atoms with Crippen LogP contribution in [0.3, 0.4) is 0 Å². The molecule has 30 heavy (non-hydrogen) atoms. The number of carboxylic acid groups (broad SMARTS) is 1. The number of nitrogens with one attached hydrogen (secondary N) is 1. The van der Waals surface area contributed by atoms with E-state index in [1.54, 1.807) is 0 Å². The average Bonchev–Trinajstić information content (AvgIpc) is 3.48. The van der Waals surface area contributed by atoms with E-state index < -0.39 is 5.97 Å². The van der Waals surface area contributed by atoms with Crippen molar-refractivity contribution in [3.05, 3.63) is 47.3 Å². The van der Waals surface area contributed by atoms with Gasteiger partial charge in [0, 0.05) is 23.7 Å². The van der Waals surface area contributed by atoms with E-state index in [-0.39, 0.29) is 18.0 Å². The van der Waals surface area contributed by atoms with Gasteiger partial charge in [-0.05, 0) is 48.4 Å². The van der Waals surface area contributed by atoms with E-state index in [0.717, 1.165) is 23.3 Å². The average molecular weight is 423 g/mol. The molecule has 1 aromatic carbocycles. The Hall–Kier alpha value is -3.07. The quantitative estimate of drug-likeness (QED) is 0.665. The number of hydrogen-bond acceptors (Lipinski definition) is 8. The van der Waals surface area contributed by atoms with Crippen LogP contribution in [0.1, 0.15) is 31.2 Å². The molecule has 0 radical (unpaired) electrons. The third kappa shape index (κ3) is 5.10. The van der Waals surface area contributed by atoms with E-state index in [1.807, 2.05) is 31.2 Å². The second-order valence-electron chi connectivity index (χ2n) is 7.18. The van der Waals surface area contributed by atoms with Crippen molar-refractivity contribution in [2.24, 2.45) is 10.9 Å². The normalized spacial score (nSPS) is 15.5. The predicted octanol–water partition coefficient (Wildman–Crippen LogP) is 2.94. The molecule has 1 aliphatic heterocycles. The number of aryl methyl sites for hydroxylation is 1. The number of nitrogens with zero attached hydrogens (tertiary/aromatic N) is 4. The molecule has 8 nitrogen and oxygen atoms in total. The second kappa shape index (κ2) is 8.74. The summed E-state index contributed by atoms with van der Waals surface area (Å²) in [5, 5.41) is 12.6. The van der Waals surface area contributed by atoms with Gasteiger partial charge in [0.2, 0.25) is 5.95 Å². The molecule has 2 heterocycles. The maximum Gasteiger partial charge on any atom is 0.333 e. The van der Waals surface area contributed by atoms with Gasteiger partial charge in [0.05, 0.1) is 12.1 Å². The van der Waals surface area contributed by atoms with E-state index >= 15 is 0 Å². The van der Waals surface area contributed by atoms with Gasteiger partial charge in [-0.25, -0.2) is 9.78 Å². The molecule has 2 aliphatic rings. The lowest BCUT2D eigenvalue weighted by molar-refractivity contribution is -0.132. The van der Waals surface area contributed by atoms with Crippen molar-refractivity contribution >= 4 is 35.3 Å². The van der Waals surface area contributed by atoms with Crippen LogP contribution in [0.15, 0.2) is 51.0 Å². The lowest BCUT2D eigenvalue weighted by Crippen LogP contribution is -2.13. The van der Waals surface area contributed by atoms with Gasteiger partial charge >= 0.3 is 5.97 Å². The molecule has 2 N–H and O–H groups in total. The monoisotopic (exact) mass is 423 g/mol. The number of carboxylic acids is 1. The summed E-state index contributed by atoms with van der Waals surface area (Å²) in [5.41, 5.74) is 1.24. The Bertz CT molecular complexity index is 1050. The summed E-state index contributed by atoms with van der Waals surface area (Å²) in [7, 11) is 0. The highest BCUT2D eigenvalue weighted by Gasteiger charge is 2.29. The summed E-state index contributed by atoms with van der Waals surface area (Å²) in [6, 6.07) is 7.86. The smallest absolute Gasteiger partial charge is 0.333 e. The van der Waals surface area contributed by atoms with Gasteiger partial charge in [0.1, 0.15) is 17.4 Å². The van der Waals surface area contributed by atoms with Gasteiger partial charge in [-0.2, -0.15) is 9.97 Å². The number of aliphatic carboxylic acids is 1. The Kier molecular flexibility index (Phi) is 5.89. The number of carbonyl (C=O) groups excluding carboxylic acids is 1. The minimum absolute atomic E-state index is 0.126. The molecular weight excluding hydrogens is 402 g/mol. The van der Waals surface area contributed by atoms with Crippen molar-refractivity contribution in [3.63, 3.8) is 0 Å². The fourth-order valence-electron chi connectivity index (χ4n) is 2.94. The van der Waals surface area contributed by atoms with Crippen molar-refractivity contribution in [1.82, 2.24) is 15.0 Å². The molecule has 0 bridgehead atoms. The second-order valence-corrected chi connectivity index (χ2v) is 8.22. The first kappa shape index (κ1) is 20.2. The Morgan fingerprint density at radius 3 is 2.57 bits per heavy atom. The molecule has 0 spiro atoms. The Morgan fingerprint density at radius 1 is 1.17 bits per heavy atom. The fraction of sp³-hybridized carbons (Fsp3) is 0.333. The standard InChI is InChI=1S/C21H21N5O3S/c1-2-17-23-20(24-18-10-14(11-22-18)19(28)29)26-21(25-17)30-15-7-3-12(4-8-15)9-16(27)13-5-6-13/h3-4,7-8,10,13H,2,5-6,9,11H2,1H3,(H,28,29)(H,22,23,24,25,26). The van der Waals surface area contributed by atoms with E-state index in [1.165, 1.54) is 17.8 Å². The van der Waals surface area contributed by atoms with Crippen LogP contribution in [0.4, 0.5) is 5.95 Å². The molecule has 1 aliphatic carbocycles. The zero-order valence-electron chi connectivity index (χ0n) is 16.5. The molecule has 0 saturated heterocycles. The topological polar surface area (TPSA) is 117 Å². The lowest BCUT2D eigenvalue weighted by atomic mass is 10.1. The predicted molar refractivity (Wildman–Crippen MR) is 113 cm³/mol. The Balaban J connectivity index is 1.45. The van der Waals surface area contributed by atoms with Crippen LogP contribution >= 0.6 is 11.8 Å². The third-order valence-corrected chi connectivity index (χ3v) is 5.64. The third-order valence-electron chi connectivity index (χ3n) is 4.77. The Morgan fingerprint density at radius 2 is 1.93 bits per heavy atom. The van der Waals surface area contributed by atoms with Gasteiger partial charge in [0.25, 0.3) is 0 Å². The molecule has 0 unspecified atom stereocenters. The SMILES string of the molecule is CCc1nc(NC2=NCC(C(=O)O)=C2)nc(Sc2ccc(CC(=O)C3CC3)cc2)n1. The maximum absolute atomic E-state index is 12.0. The summed E-state index contributed by atoms with van der Waals surface area (Å²) in [6.07, 6.45) is 4.66. The molecule has 9 heteroatoms. The van der Waals surface area contributed by atoms with Crippen molar-refractivity contribution in [1.29, 1.82) is 0 Å². The highest BCUT2D eigenvalue weighted by molar-refractivity contribution is 7.99. The Labute approximate surface area is 178 Å². The van der Waals surface area contributed by atoms with E-state index in [0.29, 0.717) is 41.4 Å². The van der Waals surface area contributed by atoms with Crippen LogP contribution in [0, 0.1) is 5.92 Å². The molecule has 1 saturated carbocycles. The number of hydrogen-bond donors (Lipinski definition) is 2. The van der Waals surface area contributed by atoms with Crippen molar-refractivity contribution in [2.45, 2.75) is 42.7 Å². The highest BCUT2D eigenvalue weighted by atomic mass is 32.2. The summed E-state index contributed by atoms with van der Waals surface area (Å²) >= 11 is 1.40. The number of rotatable bonds is 8. The number of ketones is 1. The van der Waals surface area contributed by atoms with Crippen molar-refractivity contribution in [2.75, 3.05) is 11.9 Å². The number of aromatic nitrogens is 3. The van der Waals surface area contributed by atoms with Gasteiger partial charge in [-0.3, -0.25) is 9.79 Å². The van der Waals surface area contributed by atoms with Crippen LogP contribution in [0.5, 0.6) is 0 Å². The summed E-state index contributed by atoms with van der Waals surface area (Å²) in [6.45, 7) is 2.08. The zero-order chi connectivity index (χ0) is 21.1. The van der Waals surface area contributed by atoms with E-state index in [4.69, 9.17) is 5.11 Å². The van der Waals surface area contributed by atoms with Gasteiger partial charge in [0.15, 0.2) is 5.16 Å². The van der Waals surface area contributed by atoms with Crippen LogP contribution in [-0.4, -0.2) is 44.2 Å². The molecule has 0 amide bonds. The lowest BCUT2D eigenvalue weighted by Gasteiger charge is -2.08. The first-order valence-corrected chi connectivity index (χ1v) is 10.6. The highest BCUT2D eigenvalue weighted by Crippen LogP contribution is 2.31. The number of carbonyl (C=O) groups is 2. The number of benzene rings is 1. The largest absolute Gasteiger partial charge is 0.478 e. The van der Waals surface area contributed by atoms with Gasteiger partial charge in [-0.15, -0.1) is 0 Å². The van der Waals surface area contributed by atoms with Crippen LogP contribution < -0.4 is 5.32 Å². The minimum Gasteiger partial charge on any atom is -0.478 e. The number of anilines is 1. The minimum atomic E-state index is -0.987. The summed E-state index contributed by atoms with van der Waals surface area (Å²) < 4.78 is 0. The van der Waals surface area contributed by atoms with Crippen LogP contribution in [0.2, 0.25) is 0 Å². The summed E-state index contributed by atoms with van der Waals surface area (Å²) in [5.74, 6) is 0.986. The first-order valence-electron chi connectivity index (χ1n) is 9.80. The number of aliphatic imine (C=N–C) groups is 1. The summed E-state index contributed by atoms with van der Waals surface area (Å²) in [4.78, 5) is 41.4. The molecule has 2 aromatic rings. The zero-order valence-corrected chi connectivity index (χ0v) is 17.3. The molecule has 1 aromatic heterocycles. The molecule has 154 valence electrons. The van der Waals surface area contributed by atoms with Gasteiger partial charge < -0.3 is 10.4 Å². The molecule has 4 rings (SSSR count). The van der Waals surface area contributed by atoms with Crippen LogP contribution in [-0.2, 0) is 22.4 Å². The van der Waals surface area contributed by atoms with Crippen molar-refractivity contribution < 1.29 is 14.7 Å². The van der Waals surface area contributed by atoms with E-state index in [2.05, 4.69) is 25.3 Å². The number of Topliss-reactive ketones (excluding diaryl/α,β-unsaturated/α-hetero) is 1. The molecule has 1 fully saturated rings. The van der Waals surface area contributed by atoms with E-state index in [9.17, 15) is 9.59 Å². The molecular formula is C21H21N5O3S. The maximum atomic E-state index is 12.0. The number of amidine groups is 1. The van der Waals surface area contributed by atoms with Crippen LogP contribution in [0.25, 0.3) is 0 Å². The molecule has 0 atom stereocenters. The first-order chi connectivity index (χ1) is 14.5. The van der Waals surface area contributed by atoms with Gasteiger partial charge in [-0.1, -0.05) is 19.1 Å². The fourth-order valence-corrected chi connectivity index (χ4v) is 3.70.